The molecule has 0 saturated carbocycles. The zero-order chi connectivity index (χ0) is 22.0. The Hall–Kier alpha value is -3.52. The lowest BCUT2D eigenvalue weighted by atomic mass is 10.0. The summed E-state index contributed by atoms with van der Waals surface area (Å²) >= 11 is 0. The van der Waals surface area contributed by atoms with Gasteiger partial charge in [-0.1, -0.05) is 0 Å². The van der Waals surface area contributed by atoms with Crippen LogP contribution in [-0.2, 0) is 0 Å². The van der Waals surface area contributed by atoms with Crippen LogP contribution in [0.25, 0.3) is 11.3 Å². The maximum Gasteiger partial charge on any atom is 0.276 e. The summed E-state index contributed by atoms with van der Waals surface area (Å²) in [6.07, 6.45) is 5.27. The summed E-state index contributed by atoms with van der Waals surface area (Å²) in [6.45, 7) is 3.37. The molecule has 0 unspecified atom stereocenters. The summed E-state index contributed by atoms with van der Waals surface area (Å²) in [4.78, 5) is 23.8. The molecule has 31 heavy (non-hydrogen) atoms. The Balaban J connectivity index is 1.63. The summed E-state index contributed by atoms with van der Waals surface area (Å²) in [5.74, 6) is -0.758. The highest BCUT2D eigenvalue weighted by molar-refractivity contribution is 6.08. The van der Waals surface area contributed by atoms with Crippen molar-refractivity contribution < 1.29 is 9.18 Å². The number of amides is 1. The van der Waals surface area contributed by atoms with Gasteiger partial charge in [0.25, 0.3) is 5.91 Å². The highest BCUT2D eigenvalue weighted by atomic mass is 19.1. The molecule has 0 aliphatic carbocycles. The van der Waals surface area contributed by atoms with E-state index < -0.39 is 5.91 Å². The van der Waals surface area contributed by atoms with Crippen molar-refractivity contribution in [2.75, 3.05) is 29.0 Å². The molecule has 3 aromatic rings. The minimum atomic E-state index is -0.435. The Morgan fingerprint density at radius 2 is 2.10 bits per heavy atom. The molecule has 1 saturated heterocycles. The lowest BCUT2D eigenvalue weighted by Crippen LogP contribution is -2.43. The second-order valence-corrected chi connectivity index (χ2v) is 7.79. The van der Waals surface area contributed by atoms with Crippen molar-refractivity contribution >= 4 is 23.0 Å². The highest BCUT2D eigenvalue weighted by Crippen LogP contribution is 2.29. The number of halogens is 1. The van der Waals surface area contributed by atoms with Crippen LogP contribution in [0.3, 0.4) is 0 Å². The SMILES string of the molecule is Cc1cc(F)ccc1-c1ccc(N)c(C(=O)Nc2cnccc2N2CCC[C@H](N)C2)n1. The molecule has 1 amide bonds. The summed E-state index contributed by atoms with van der Waals surface area (Å²) in [6, 6.07) is 9.75. The van der Waals surface area contributed by atoms with Gasteiger partial charge in [-0.05, 0) is 61.7 Å². The average Bonchev–Trinajstić information content (AvgIpc) is 2.75. The number of carbonyl (C=O) groups is 1. The van der Waals surface area contributed by atoms with E-state index in [1.807, 2.05) is 6.07 Å². The number of nitrogen functional groups attached to an aromatic ring is 1. The normalized spacial score (nSPS) is 16.2. The fraction of sp³-hybridized carbons (Fsp3) is 0.261. The van der Waals surface area contributed by atoms with Crippen LogP contribution in [0.1, 0.15) is 28.9 Å². The molecule has 0 spiro atoms. The summed E-state index contributed by atoms with van der Waals surface area (Å²) in [5.41, 5.74) is 16.0. The third-order valence-electron chi connectivity index (χ3n) is 5.45. The molecule has 1 aromatic carbocycles. The van der Waals surface area contributed by atoms with Crippen LogP contribution in [0, 0.1) is 12.7 Å². The number of hydrogen-bond donors (Lipinski definition) is 3. The molecular weight excluding hydrogens is 395 g/mol. The van der Waals surface area contributed by atoms with Crippen molar-refractivity contribution in [3.8, 4) is 11.3 Å². The highest BCUT2D eigenvalue weighted by Gasteiger charge is 2.21. The number of piperidine rings is 1. The van der Waals surface area contributed by atoms with Gasteiger partial charge in [0.15, 0.2) is 5.69 Å². The largest absolute Gasteiger partial charge is 0.397 e. The Morgan fingerprint density at radius 1 is 1.26 bits per heavy atom. The second-order valence-electron chi connectivity index (χ2n) is 7.79. The number of anilines is 3. The molecule has 1 atom stereocenters. The lowest BCUT2D eigenvalue weighted by molar-refractivity contribution is 0.102. The molecule has 4 rings (SSSR count). The molecule has 3 heterocycles. The molecule has 2 aromatic heterocycles. The Bertz CT molecular complexity index is 1120. The van der Waals surface area contributed by atoms with Crippen LogP contribution in [0.5, 0.6) is 0 Å². The van der Waals surface area contributed by atoms with E-state index in [4.69, 9.17) is 11.5 Å². The monoisotopic (exact) mass is 420 g/mol. The molecule has 160 valence electrons. The van der Waals surface area contributed by atoms with E-state index in [1.165, 1.54) is 12.1 Å². The second kappa shape index (κ2) is 8.69. The number of nitrogens with two attached hydrogens (primary N) is 2. The van der Waals surface area contributed by atoms with Crippen LogP contribution in [-0.4, -0.2) is 35.0 Å². The first-order chi connectivity index (χ1) is 14.9. The van der Waals surface area contributed by atoms with Gasteiger partial charge >= 0.3 is 0 Å². The topological polar surface area (TPSA) is 110 Å². The molecule has 1 fully saturated rings. The Kier molecular flexibility index (Phi) is 5.81. The molecule has 0 bridgehead atoms. The zero-order valence-corrected chi connectivity index (χ0v) is 17.3. The fourth-order valence-corrected chi connectivity index (χ4v) is 3.89. The standard InChI is InChI=1S/C23H25FN6O/c1-14-11-15(24)4-5-17(14)19-7-6-18(26)22(28-19)23(31)29-20-12-27-9-8-21(20)30-10-2-3-16(25)13-30/h4-9,11-12,16H,2-3,10,13,25-26H2,1H3,(H,29,31)/t16-/m0/s1. The first kappa shape index (κ1) is 20.7. The summed E-state index contributed by atoms with van der Waals surface area (Å²) in [7, 11) is 0. The number of carbonyl (C=O) groups excluding carboxylic acids is 1. The molecule has 1 aliphatic rings. The van der Waals surface area contributed by atoms with Crippen molar-refractivity contribution in [1.82, 2.24) is 9.97 Å². The van der Waals surface area contributed by atoms with Crippen LogP contribution >= 0.6 is 0 Å². The Labute approximate surface area is 180 Å². The maximum atomic E-state index is 13.5. The summed E-state index contributed by atoms with van der Waals surface area (Å²) < 4.78 is 13.5. The molecule has 1 aliphatic heterocycles. The number of rotatable bonds is 4. The van der Waals surface area contributed by atoms with E-state index in [2.05, 4.69) is 20.2 Å². The minimum absolute atomic E-state index is 0.0957. The van der Waals surface area contributed by atoms with E-state index in [0.29, 0.717) is 17.9 Å². The van der Waals surface area contributed by atoms with Gasteiger partial charge < -0.3 is 21.7 Å². The van der Waals surface area contributed by atoms with E-state index in [1.54, 1.807) is 37.5 Å². The smallest absolute Gasteiger partial charge is 0.276 e. The van der Waals surface area contributed by atoms with Gasteiger partial charge in [0.2, 0.25) is 0 Å². The van der Waals surface area contributed by atoms with Crippen LogP contribution in [0.2, 0.25) is 0 Å². The minimum Gasteiger partial charge on any atom is -0.397 e. The van der Waals surface area contributed by atoms with Gasteiger partial charge in [0, 0.05) is 30.9 Å². The van der Waals surface area contributed by atoms with Crippen LogP contribution in [0.15, 0.2) is 48.8 Å². The maximum absolute atomic E-state index is 13.5. The van der Waals surface area contributed by atoms with Gasteiger partial charge in [0.05, 0.1) is 29.0 Å². The third kappa shape index (κ3) is 4.49. The lowest BCUT2D eigenvalue weighted by Gasteiger charge is -2.33. The van der Waals surface area contributed by atoms with Crippen molar-refractivity contribution in [2.45, 2.75) is 25.8 Å². The van der Waals surface area contributed by atoms with E-state index in [0.717, 1.165) is 36.2 Å². The molecule has 0 radical (unpaired) electrons. The van der Waals surface area contributed by atoms with E-state index in [9.17, 15) is 9.18 Å². The van der Waals surface area contributed by atoms with Gasteiger partial charge in [-0.25, -0.2) is 9.37 Å². The molecule has 5 N–H and O–H groups in total. The van der Waals surface area contributed by atoms with Crippen molar-refractivity contribution in [1.29, 1.82) is 0 Å². The van der Waals surface area contributed by atoms with Gasteiger partial charge in [0.1, 0.15) is 5.82 Å². The van der Waals surface area contributed by atoms with Gasteiger partial charge in [-0.2, -0.15) is 0 Å². The number of nitrogens with zero attached hydrogens (tertiary/aromatic N) is 3. The predicted molar refractivity (Wildman–Crippen MR) is 120 cm³/mol. The number of hydrogen-bond acceptors (Lipinski definition) is 6. The van der Waals surface area contributed by atoms with Crippen LogP contribution in [0.4, 0.5) is 21.5 Å². The average molecular weight is 420 g/mol. The van der Waals surface area contributed by atoms with Gasteiger partial charge in [-0.3, -0.25) is 9.78 Å². The fourth-order valence-electron chi connectivity index (χ4n) is 3.89. The number of pyridine rings is 2. The first-order valence-electron chi connectivity index (χ1n) is 10.2. The molecule has 7 nitrogen and oxygen atoms in total. The summed E-state index contributed by atoms with van der Waals surface area (Å²) in [5, 5.41) is 2.90. The number of nitrogens with one attached hydrogen (secondary N) is 1. The number of aromatic nitrogens is 2. The van der Waals surface area contributed by atoms with Crippen molar-refractivity contribution in [2.24, 2.45) is 5.73 Å². The Morgan fingerprint density at radius 3 is 2.87 bits per heavy atom. The number of aryl methyl sites for hydroxylation is 1. The van der Waals surface area contributed by atoms with Crippen molar-refractivity contribution in [3.63, 3.8) is 0 Å². The van der Waals surface area contributed by atoms with Gasteiger partial charge in [-0.15, -0.1) is 0 Å². The first-order valence-corrected chi connectivity index (χ1v) is 10.2. The van der Waals surface area contributed by atoms with Crippen molar-refractivity contribution in [3.05, 3.63) is 65.9 Å². The molecular formula is C23H25FN6O. The van der Waals surface area contributed by atoms with E-state index >= 15 is 0 Å². The zero-order valence-electron chi connectivity index (χ0n) is 17.3. The predicted octanol–water partition coefficient (Wildman–Crippen LogP) is 3.35. The molecule has 8 heteroatoms. The van der Waals surface area contributed by atoms with Crippen LogP contribution < -0.4 is 21.7 Å². The van der Waals surface area contributed by atoms with E-state index in [-0.39, 0.29) is 23.2 Å². The number of benzene rings is 1. The third-order valence-corrected chi connectivity index (χ3v) is 5.45. The quantitative estimate of drug-likeness (QED) is 0.597.